The molecule has 0 saturated carbocycles. The fraction of sp³-hybridized carbons (Fsp3) is 0.234. The van der Waals surface area contributed by atoms with Gasteiger partial charge >= 0.3 is 0 Å². The molecule has 1 aliphatic rings. The number of anilines is 3. The molecule has 0 spiro atoms. The second-order valence-corrected chi connectivity index (χ2v) is 16.6. The van der Waals surface area contributed by atoms with E-state index in [4.69, 9.17) is 8.83 Å². The Hall–Kier alpha value is -5.28. The van der Waals surface area contributed by atoms with E-state index in [2.05, 4.69) is 169 Å². The van der Waals surface area contributed by atoms with Crippen molar-refractivity contribution < 1.29 is 8.83 Å². The maximum atomic E-state index is 6.82. The molecule has 8 aromatic rings. The molecule has 0 radical (unpaired) electrons. The van der Waals surface area contributed by atoms with Crippen LogP contribution < -0.4 is 4.90 Å². The summed E-state index contributed by atoms with van der Waals surface area (Å²) in [5.41, 5.74) is 14.3. The van der Waals surface area contributed by atoms with Gasteiger partial charge < -0.3 is 13.7 Å². The molecular weight excluding hydrogens is 611 g/mol. The van der Waals surface area contributed by atoms with E-state index in [0.717, 1.165) is 55.6 Å². The summed E-state index contributed by atoms with van der Waals surface area (Å²) in [4.78, 5) is 2.41. The molecule has 50 heavy (non-hydrogen) atoms. The highest BCUT2D eigenvalue weighted by molar-refractivity contribution is 6.17. The van der Waals surface area contributed by atoms with Gasteiger partial charge in [0.05, 0.1) is 16.8 Å². The molecule has 0 saturated heterocycles. The lowest BCUT2D eigenvalue weighted by Crippen LogP contribution is -2.17. The third kappa shape index (κ3) is 4.42. The molecule has 3 nitrogen and oxygen atoms in total. The van der Waals surface area contributed by atoms with Crippen molar-refractivity contribution in [3.63, 3.8) is 0 Å². The molecular formula is C47H43NO2. The zero-order valence-corrected chi connectivity index (χ0v) is 30.2. The number of benzene rings is 6. The Labute approximate surface area is 294 Å². The van der Waals surface area contributed by atoms with Crippen LogP contribution in [0.1, 0.15) is 77.6 Å². The Kier molecular flexibility index (Phi) is 6.38. The minimum Gasteiger partial charge on any atom is -0.456 e. The van der Waals surface area contributed by atoms with E-state index in [-0.39, 0.29) is 16.2 Å². The van der Waals surface area contributed by atoms with Crippen LogP contribution in [0.4, 0.5) is 17.1 Å². The van der Waals surface area contributed by atoms with E-state index in [1.54, 1.807) is 0 Å². The molecule has 3 heteroatoms. The fourth-order valence-electron chi connectivity index (χ4n) is 8.29. The van der Waals surface area contributed by atoms with Gasteiger partial charge in [-0.1, -0.05) is 128 Å². The first kappa shape index (κ1) is 30.8. The first-order valence-corrected chi connectivity index (χ1v) is 17.8. The van der Waals surface area contributed by atoms with E-state index < -0.39 is 0 Å². The van der Waals surface area contributed by atoms with Gasteiger partial charge in [-0.05, 0) is 86.7 Å². The van der Waals surface area contributed by atoms with Crippen molar-refractivity contribution in [2.75, 3.05) is 4.90 Å². The molecule has 0 amide bonds. The van der Waals surface area contributed by atoms with Gasteiger partial charge in [-0.15, -0.1) is 0 Å². The first-order chi connectivity index (χ1) is 23.8. The lowest BCUT2D eigenvalue weighted by atomic mass is 9.78. The number of furan rings is 2. The lowest BCUT2D eigenvalue weighted by molar-refractivity contribution is 0.569. The third-order valence-electron chi connectivity index (χ3n) is 10.9. The molecule has 2 heterocycles. The summed E-state index contributed by atoms with van der Waals surface area (Å²) in [6.45, 7) is 18.4. The lowest BCUT2D eigenvalue weighted by Gasteiger charge is -2.29. The van der Waals surface area contributed by atoms with Gasteiger partial charge in [-0.3, -0.25) is 0 Å². The molecule has 0 fully saturated rings. The summed E-state index contributed by atoms with van der Waals surface area (Å²) < 4.78 is 13.6. The van der Waals surface area contributed by atoms with Crippen LogP contribution in [0.25, 0.3) is 55.0 Å². The minimum atomic E-state index is -0.143. The predicted octanol–water partition coefficient (Wildman–Crippen LogP) is 13.9. The second kappa shape index (κ2) is 10.4. The molecule has 2 aromatic heterocycles. The smallest absolute Gasteiger partial charge is 0.159 e. The number of rotatable bonds is 3. The van der Waals surface area contributed by atoms with Crippen molar-refractivity contribution in [1.82, 2.24) is 0 Å². The SMILES string of the molecule is CC(C)(C)c1cc(C(C)(C)C)c2c(c1)oc1cccc(N(c3ccc4c(c3)C(C)(C)c3ccccc3-4)c3cccc4c3oc3ccccc34)c12. The maximum Gasteiger partial charge on any atom is 0.159 e. The normalized spacial score (nSPS) is 14.2. The van der Waals surface area contributed by atoms with E-state index in [0.29, 0.717) is 0 Å². The summed E-state index contributed by atoms with van der Waals surface area (Å²) >= 11 is 0. The van der Waals surface area contributed by atoms with E-state index in [1.807, 2.05) is 6.07 Å². The molecule has 1 aliphatic carbocycles. The van der Waals surface area contributed by atoms with Crippen molar-refractivity contribution in [2.45, 2.75) is 71.6 Å². The van der Waals surface area contributed by atoms with E-state index >= 15 is 0 Å². The summed E-state index contributed by atoms with van der Waals surface area (Å²) in [7, 11) is 0. The molecule has 248 valence electrons. The molecule has 0 atom stereocenters. The summed E-state index contributed by atoms with van der Waals surface area (Å²) in [6.07, 6.45) is 0. The second-order valence-electron chi connectivity index (χ2n) is 16.6. The molecule has 0 N–H and O–H groups in total. The summed E-state index contributed by atoms with van der Waals surface area (Å²) in [5, 5.41) is 4.51. The van der Waals surface area contributed by atoms with Crippen LogP contribution in [0.15, 0.2) is 124 Å². The van der Waals surface area contributed by atoms with Crippen molar-refractivity contribution in [3.8, 4) is 11.1 Å². The Morgan fingerprint density at radius 3 is 2.00 bits per heavy atom. The highest BCUT2D eigenvalue weighted by Crippen LogP contribution is 2.53. The van der Waals surface area contributed by atoms with Gasteiger partial charge in [-0.2, -0.15) is 0 Å². The van der Waals surface area contributed by atoms with Crippen molar-refractivity contribution in [1.29, 1.82) is 0 Å². The highest BCUT2D eigenvalue weighted by atomic mass is 16.3. The van der Waals surface area contributed by atoms with Gasteiger partial charge in [0, 0.05) is 27.3 Å². The van der Waals surface area contributed by atoms with Gasteiger partial charge in [0.1, 0.15) is 16.7 Å². The number of para-hydroxylation sites is 2. The molecule has 6 aromatic carbocycles. The third-order valence-corrected chi connectivity index (χ3v) is 10.9. The van der Waals surface area contributed by atoms with Crippen molar-refractivity contribution >= 4 is 60.9 Å². The van der Waals surface area contributed by atoms with Crippen LogP contribution >= 0.6 is 0 Å². The average Bonchev–Trinajstić information content (AvgIpc) is 3.72. The topological polar surface area (TPSA) is 29.5 Å². The average molecular weight is 654 g/mol. The van der Waals surface area contributed by atoms with Gasteiger partial charge in [0.25, 0.3) is 0 Å². The molecule has 9 rings (SSSR count). The molecule has 0 bridgehead atoms. The maximum absolute atomic E-state index is 6.82. The monoisotopic (exact) mass is 653 g/mol. The van der Waals surface area contributed by atoms with Crippen LogP contribution in [0.2, 0.25) is 0 Å². The zero-order valence-electron chi connectivity index (χ0n) is 30.2. The van der Waals surface area contributed by atoms with Crippen LogP contribution in [0.3, 0.4) is 0 Å². The molecule has 0 unspecified atom stereocenters. The summed E-state index contributed by atoms with van der Waals surface area (Å²) in [6, 6.07) is 41.9. The predicted molar refractivity (Wildman–Crippen MR) is 211 cm³/mol. The number of hydrogen-bond acceptors (Lipinski definition) is 3. The number of fused-ring (bicyclic) bond motifs is 9. The van der Waals surface area contributed by atoms with Crippen LogP contribution in [-0.4, -0.2) is 0 Å². The Morgan fingerprint density at radius 2 is 1.20 bits per heavy atom. The Morgan fingerprint density at radius 1 is 0.520 bits per heavy atom. The Balaban J connectivity index is 1.39. The van der Waals surface area contributed by atoms with Crippen LogP contribution in [0.5, 0.6) is 0 Å². The fourth-order valence-corrected chi connectivity index (χ4v) is 8.29. The summed E-state index contributed by atoms with van der Waals surface area (Å²) in [5.74, 6) is 0. The van der Waals surface area contributed by atoms with E-state index in [1.165, 1.54) is 38.8 Å². The number of hydrogen-bond donors (Lipinski definition) is 0. The van der Waals surface area contributed by atoms with Gasteiger partial charge in [0.2, 0.25) is 0 Å². The zero-order chi connectivity index (χ0) is 34.7. The van der Waals surface area contributed by atoms with E-state index in [9.17, 15) is 0 Å². The van der Waals surface area contributed by atoms with Gasteiger partial charge in [-0.25, -0.2) is 0 Å². The van der Waals surface area contributed by atoms with Gasteiger partial charge in [0.15, 0.2) is 5.58 Å². The van der Waals surface area contributed by atoms with Crippen molar-refractivity contribution in [2.24, 2.45) is 0 Å². The number of nitrogens with zero attached hydrogens (tertiary/aromatic N) is 1. The highest BCUT2D eigenvalue weighted by Gasteiger charge is 2.36. The quantitative estimate of drug-likeness (QED) is 0.190. The standard InChI is InChI=1S/C47H43NO2/c1-45(2,3)28-25-36(46(4,5)6)42-41(26-28)49-40-22-14-19-37(43(40)42)48(38-20-13-17-33-32-16-10-12-21-39(32)50-44(33)38)29-23-24-31-30-15-9-11-18-34(30)47(7,8)35(31)27-29/h9-27H,1-8H3. The van der Waals surface area contributed by atoms with Crippen LogP contribution in [-0.2, 0) is 16.2 Å². The molecule has 0 aliphatic heterocycles. The van der Waals surface area contributed by atoms with Crippen LogP contribution in [0, 0.1) is 0 Å². The van der Waals surface area contributed by atoms with Crippen molar-refractivity contribution in [3.05, 3.63) is 138 Å². The largest absolute Gasteiger partial charge is 0.456 e. The first-order valence-electron chi connectivity index (χ1n) is 17.8. The Bertz CT molecular complexity index is 2650. The minimum absolute atomic E-state index is 0.0201.